The standard InChI is InChI=1S/C11H11F2N/c1-3-4-9(14)10-8(12)6-5-7(2)11(10)13/h1,5-6,9H,4,14H2,2H3. The van der Waals surface area contributed by atoms with Crippen LogP contribution in [0.3, 0.4) is 0 Å². The molecule has 0 saturated heterocycles. The lowest BCUT2D eigenvalue weighted by Gasteiger charge is -2.12. The Hall–Kier alpha value is -1.40. The first-order valence-electron chi connectivity index (χ1n) is 4.21. The van der Waals surface area contributed by atoms with Gasteiger partial charge in [-0.3, -0.25) is 0 Å². The Kier molecular flexibility index (Phi) is 3.21. The number of halogens is 2. The van der Waals surface area contributed by atoms with Crippen molar-refractivity contribution >= 4 is 0 Å². The first-order valence-corrected chi connectivity index (χ1v) is 4.21. The molecule has 0 spiro atoms. The van der Waals surface area contributed by atoms with Gasteiger partial charge < -0.3 is 5.73 Å². The molecule has 0 bridgehead atoms. The lowest BCUT2D eigenvalue weighted by molar-refractivity contribution is 0.524. The largest absolute Gasteiger partial charge is 0.323 e. The summed E-state index contributed by atoms with van der Waals surface area (Å²) >= 11 is 0. The van der Waals surface area contributed by atoms with Crippen molar-refractivity contribution in [3.05, 3.63) is 34.9 Å². The fraction of sp³-hybridized carbons (Fsp3) is 0.273. The average molecular weight is 195 g/mol. The van der Waals surface area contributed by atoms with Gasteiger partial charge in [-0.25, -0.2) is 8.78 Å². The van der Waals surface area contributed by atoms with Crippen LogP contribution in [-0.2, 0) is 0 Å². The molecule has 1 aromatic carbocycles. The number of terminal acetylenes is 1. The fourth-order valence-corrected chi connectivity index (χ4v) is 1.25. The topological polar surface area (TPSA) is 26.0 Å². The molecule has 14 heavy (non-hydrogen) atoms. The van der Waals surface area contributed by atoms with Crippen LogP contribution in [0.1, 0.15) is 23.6 Å². The molecule has 3 heteroatoms. The summed E-state index contributed by atoms with van der Waals surface area (Å²) < 4.78 is 26.7. The smallest absolute Gasteiger partial charge is 0.133 e. The summed E-state index contributed by atoms with van der Waals surface area (Å²) in [6.45, 7) is 1.56. The Balaban J connectivity index is 3.19. The molecule has 0 saturated carbocycles. The van der Waals surface area contributed by atoms with Gasteiger partial charge in [0, 0.05) is 18.0 Å². The maximum Gasteiger partial charge on any atom is 0.133 e. The second kappa shape index (κ2) is 4.21. The minimum atomic E-state index is -0.778. The molecule has 0 amide bonds. The van der Waals surface area contributed by atoms with Gasteiger partial charge in [-0.2, -0.15) is 0 Å². The molecule has 1 rings (SSSR count). The zero-order chi connectivity index (χ0) is 10.7. The molecule has 1 aromatic rings. The summed E-state index contributed by atoms with van der Waals surface area (Å²) in [5.74, 6) is 1.03. The zero-order valence-electron chi connectivity index (χ0n) is 7.85. The molecular formula is C11H11F2N. The van der Waals surface area contributed by atoms with E-state index < -0.39 is 17.7 Å². The SMILES string of the molecule is C#CCC(N)c1c(F)ccc(C)c1F. The van der Waals surface area contributed by atoms with Gasteiger partial charge in [-0.15, -0.1) is 12.3 Å². The van der Waals surface area contributed by atoms with Gasteiger partial charge in [0.25, 0.3) is 0 Å². The predicted molar refractivity (Wildman–Crippen MR) is 51.5 cm³/mol. The fourth-order valence-electron chi connectivity index (χ4n) is 1.25. The molecule has 0 radical (unpaired) electrons. The number of benzene rings is 1. The highest BCUT2D eigenvalue weighted by atomic mass is 19.1. The van der Waals surface area contributed by atoms with E-state index in [4.69, 9.17) is 12.2 Å². The first kappa shape index (κ1) is 10.7. The van der Waals surface area contributed by atoms with Gasteiger partial charge in [0.2, 0.25) is 0 Å². The van der Waals surface area contributed by atoms with Crippen LogP contribution in [-0.4, -0.2) is 0 Å². The van der Waals surface area contributed by atoms with Gasteiger partial charge in [0.1, 0.15) is 11.6 Å². The summed E-state index contributed by atoms with van der Waals surface area (Å²) in [5, 5.41) is 0. The average Bonchev–Trinajstić information content (AvgIpc) is 2.13. The van der Waals surface area contributed by atoms with E-state index in [0.717, 1.165) is 0 Å². The van der Waals surface area contributed by atoms with Crippen LogP contribution >= 0.6 is 0 Å². The van der Waals surface area contributed by atoms with Gasteiger partial charge in [-0.1, -0.05) is 6.07 Å². The Morgan fingerprint density at radius 3 is 2.71 bits per heavy atom. The lowest BCUT2D eigenvalue weighted by Crippen LogP contribution is -2.14. The number of nitrogens with two attached hydrogens (primary N) is 1. The van der Waals surface area contributed by atoms with Gasteiger partial charge in [-0.05, 0) is 18.6 Å². The van der Waals surface area contributed by atoms with Crippen molar-refractivity contribution in [1.29, 1.82) is 0 Å². The number of aryl methyl sites for hydroxylation is 1. The molecule has 0 aliphatic rings. The molecule has 74 valence electrons. The van der Waals surface area contributed by atoms with E-state index in [1.54, 1.807) is 6.92 Å². The van der Waals surface area contributed by atoms with E-state index in [1.165, 1.54) is 12.1 Å². The van der Waals surface area contributed by atoms with Crippen LogP contribution in [0.2, 0.25) is 0 Å². The highest BCUT2D eigenvalue weighted by Gasteiger charge is 2.17. The van der Waals surface area contributed by atoms with E-state index in [2.05, 4.69) is 5.92 Å². The number of hydrogen-bond donors (Lipinski definition) is 1. The van der Waals surface area contributed by atoms with Crippen molar-refractivity contribution in [2.24, 2.45) is 5.73 Å². The Labute approximate surface area is 81.9 Å². The summed E-state index contributed by atoms with van der Waals surface area (Å²) in [6, 6.07) is 1.79. The van der Waals surface area contributed by atoms with E-state index >= 15 is 0 Å². The van der Waals surface area contributed by atoms with Crippen LogP contribution in [0.25, 0.3) is 0 Å². The van der Waals surface area contributed by atoms with Crippen molar-refractivity contribution in [2.75, 3.05) is 0 Å². The molecule has 1 atom stereocenters. The third kappa shape index (κ3) is 1.91. The predicted octanol–water partition coefficient (Wildman–Crippen LogP) is 2.30. The van der Waals surface area contributed by atoms with Crippen molar-refractivity contribution in [2.45, 2.75) is 19.4 Å². The second-order valence-electron chi connectivity index (χ2n) is 3.11. The first-order chi connectivity index (χ1) is 6.57. The molecule has 2 N–H and O–H groups in total. The monoisotopic (exact) mass is 195 g/mol. The van der Waals surface area contributed by atoms with Crippen molar-refractivity contribution in [3.8, 4) is 12.3 Å². The third-order valence-electron chi connectivity index (χ3n) is 2.03. The zero-order valence-corrected chi connectivity index (χ0v) is 7.85. The van der Waals surface area contributed by atoms with Crippen LogP contribution in [0.15, 0.2) is 12.1 Å². The summed E-state index contributed by atoms with van der Waals surface area (Å²) in [5.41, 5.74) is 5.80. The molecule has 0 aromatic heterocycles. The van der Waals surface area contributed by atoms with Crippen LogP contribution in [0.5, 0.6) is 0 Å². The quantitative estimate of drug-likeness (QED) is 0.720. The summed E-state index contributed by atoms with van der Waals surface area (Å²) in [6.07, 6.45) is 5.15. The van der Waals surface area contributed by atoms with E-state index in [0.29, 0.717) is 5.56 Å². The van der Waals surface area contributed by atoms with E-state index in [1.807, 2.05) is 0 Å². The lowest BCUT2D eigenvalue weighted by atomic mass is 10.0. The number of rotatable bonds is 2. The van der Waals surface area contributed by atoms with Crippen molar-refractivity contribution < 1.29 is 8.78 Å². The highest BCUT2D eigenvalue weighted by molar-refractivity contribution is 5.29. The van der Waals surface area contributed by atoms with Crippen LogP contribution < -0.4 is 5.73 Å². The molecule has 0 fully saturated rings. The van der Waals surface area contributed by atoms with Gasteiger partial charge >= 0.3 is 0 Å². The van der Waals surface area contributed by atoms with Crippen molar-refractivity contribution in [3.63, 3.8) is 0 Å². The molecule has 1 unspecified atom stereocenters. The maximum absolute atomic E-state index is 13.4. The second-order valence-corrected chi connectivity index (χ2v) is 3.11. The summed E-state index contributed by atoms with van der Waals surface area (Å²) in [7, 11) is 0. The van der Waals surface area contributed by atoms with Crippen LogP contribution in [0.4, 0.5) is 8.78 Å². The normalized spacial score (nSPS) is 12.2. The van der Waals surface area contributed by atoms with E-state index in [9.17, 15) is 8.78 Å². The molecule has 1 nitrogen and oxygen atoms in total. The molecule has 0 heterocycles. The summed E-state index contributed by atoms with van der Waals surface area (Å²) in [4.78, 5) is 0. The maximum atomic E-state index is 13.4. The third-order valence-corrected chi connectivity index (χ3v) is 2.03. The minimum absolute atomic E-state index is 0.122. The van der Waals surface area contributed by atoms with Crippen LogP contribution in [0, 0.1) is 30.9 Å². The van der Waals surface area contributed by atoms with Gasteiger partial charge in [0.15, 0.2) is 0 Å². The number of hydrogen-bond acceptors (Lipinski definition) is 1. The van der Waals surface area contributed by atoms with E-state index in [-0.39, 0.29) is 12.0 Å². The minimum Gasteiger partial charge on any atom is -0.323 e. The molecule has 0 aliphatic carbocycles. The van der Waals surface area contributed by atoms with Crippen molar-refractivity contribution in [1.82, 2.24) is 0 Å². The Bertz CT molecular complexity index is 380. The molecule has 0 aliphatic heterocycles. The highest BCUT2D eigenvalue weighted by Crippen LogP contribution is 2.23. The van der Waals surface area contributed by atoms with Gasteiger partial charge in [0.05, 0.1) is 0 Å². The Morgan fingerprint density at radius 2 is 2.14 bits per heavy atom. The molecular weight excluding hydrogens is 184 g/mol. The Morgan fingerprint density at radius 1 is 1.50 bits per heavy atom.